The fraction of sp³-hybridized carbons (Fsp3) is 0.0556. The minimum Gasteiger partial charge on any atom is -0.287 e. The van der Waals surface area contributed by atoms with Crippen molar-refractivity contribution in [2.24, 2.45) is 7.05 Å². The molecule has 0 aliphatic rings. The van der Waals surface area contributed by atoms with Crippen LogP contribution in [0.15, 0.2) is 59.6 Å². The second-order valence-corrected chi connectivity index (χ2v) is 5.82. The number of allylic oxidation sites excluding steroid dienone is 1. The van der Waals surface area contributed by atoms with Crippen LogP contribution in [0.4, 0.5) is 0 Å². The monoisotopic (exact) mass is 305 g/mol. The molecule has 3 nitrogen and oxygen atoms in total. The summed E-state index contributed by atoms with van der Waals surface area (Å²) in [6.45, 7) is 0. The summed E-state index contributed by atoms with van der Waals surface area (Å²) in [5.74, 6) is -0.227. The average Bonchev–Trinajstić information content (AvgIpc) is 3.08. The molecule has 3 aromatic rings. The van der Waals surface area contributed by atoms with Gasteiger partial charge in [0.05, 0.1) is 10.3 Å². The topological polar surface area (TPSA) is 44.7 Å². The highest BCUT2D eigenvalue weighted by molar-refractivity contribution is 7.12. The smallest absolute Gasteiger partial charge is 0.213 e. The summed E-state index contributed by atoms with van der Waals surface area (Å²) in [5, 5.41) is 12.2. The summed E-state index contributed by atoms with van der Waals surface area (Å²) in [7, 11) is 1.97. The third kappa shape index (κ3) is 2.54. The number of pyridine rings is 1. The first-order valence-electron chi connectivity index (χ1n) is 6.78. The van der Waals surface area contributed by atoms with Gasteiger partial charge in [-0.1, -0.05) is 18.2 Å². The van der Waals surface area contributed by atoms with E-state index in [-0.39, 0.29) is 11.4 Å². The molecule has 0 N–H and O–H groups in total. The summed E-state index contributed by atoms with van der Waals surface area (Å²) >= 11 is 1.35. The van der Waals surface area contributed by atoms with Crippen LogP contribution in [0.5, 0.6) is 0 Å². The standard InChI is InChI=1S/C18H13N2OS/c1-20-9-8-13(15-5-2-3-6-16(15)20)11-14(12-19)18(21)17-7-4-10-22-17/h2-11H,1H3/q+1. The Bertz CT molecular complexity index is 918. The molecule has 0 aliphatic heterocycles. The first-order chi connectivity index (χ1) is 10.7. The Hall–Kier alpha value is -2.77. The average molecular weight is 305 g/mol. The summed E-state index contributed by atoms with van der Waals surface area (Å²) in [6.07, 6.45) is 3.60. The summed E-state index contributed by atoms with van der Waals surface area (Å²) < 4.78 is 2.01. The maximum atomic E-state index is 12.4. The molecule has 0 aliphatic carbocycles. The van der Waals surface area contributed by atoms with Crippen LogP contribution >= 0.6 is 11.3 Å². The normalized spacial score (nSPS) is 11.4. The molecule has 4 heteroatoms. The van der Waals surface area contributed by atoms with Crippen LogP contribution in [-0.2, 0) is 7.05 Å². The van der Waals surface area contributed by atoms with Gasteiger partial charge >= 0.3 is 0 Å². The fourth-order valence-corrected chi connectivity index (χ4v) is 3.04. The van der Waals surface area contributed by atoms with Gasteiger partial charge in [0.15, 0.2) is 6.20 Å². The van der Waals surface area contributed by atoms with Gasteiger partial charge in [-0.15, -0.1) is 11.3 Å². The summed E-state index contributed by atoms with van der Waals surface area (Å²) in [6, 6.07) is 15.4. The van der Waals surface area contributed by atoms with Crippen LogP contribution in [-0.4, -0.2) is 5.78 Å². The predicted octanol–water partition coefficient (Wildman–Crippen LogP) is 3.52. The maximum Gasteiger partial charge on any atom is 0.213 e. The molecule has 2 heterocycles. The van der Waals surface area contributed by atoms with E-state index in [1.165, 1.54) is 11.3 Å². The van der Waals surface area contributed by atoms with Crippen LogP contribution in [0.3, 0.4) is 0 Å². The first-order valence-corrected chi connectivity index (χ1v) is 7.66. The number of ketones is 1. The number of thiophene rings is 1. The SMILES string of the molecule is C[n+]1ccc(C=C(C#N)C(=O)c2cccs2)c2ccccc21. The number of para-hydroxylation sites is 1. The van der Waals surface area contributed by atoms with Gasteiger partial charge < -0.3 is 0 Å². The number of aromatic nitrogens is 1. The van der Waals surface area contributed by atoms with Crippen LogP contribution in [0.25, 0.3) is 17.0 Å². The molecule has 1 aromatic carbocycles. The zero-order valence-electron chi connectivity index (χ0n) is 12.0. The number of Topliss-reactive ketones (excluding diaryl/α,β-unsaturated/α-hetero) is 1. The highest BCUT2D eigenvalue weighted by Crippen LogP contribution is 2.20. The molecule has 106 valence electrons. The Kier molecular flexibility index (Phi) is 3.82. The van der Waals surface area contributed by atoms with E-state index in [2.05, 4.69) is 0 Å². The van der Waals surface area contributed by atoms with Crippen molar-refractivity contribution in [1.82, 2.24) is 0 Å². The lowest BCUT2D eigenvalue weighted by Crippen LogP contribution is -2.28. The van der Waals surface area contributed by atoms with Gasteiger partial charge in [-0.05, 0) is 29.2 Å². The maximum absolute atomic E-state index is 12.4. The molecular weight excluding hydrogens is 292 g/mol. The van der Waals surface area contributed by atoms with Crippen molar-refractivity contribution >= 4 is 34.1 Å². The molecule has 0 atom stereocenters. The number of carbonyl (C=O) groups excluding carboxylic acids is 1. The number of hydrogen-bond donors (Lipinski definition) is 0. The zero-order valence-corrected chi connectivity index (χ0v) is 12.8. The van der Waals surface area contributed by atoms with E-state index in [1.807, 2.05) is 65.7 Å². The first kappa shape index (κ1) is 14.2. The van der Waals surface area contributed by atoms with Gasteiger partial charge in [0.25, 0.3) is 0 Å². The van der Waals surface area contributed by atoms with Crippen molar-refractivity contribution in [3.8, 4) is 6.07 Å². The van der Waals surface area contributed by atoms with Crippen molar-refractivity contribution in [3.05, 3.63) is 70.1 Å². The van der Waals surface area contributed by atoms with E-state index < -0.39 is 0 Å². The highest BCUT2D eigenvalue weighted by atomic mass is 32.1. The third-order valence-electron chi connectivity index (χ3n) is 3.48. The Morgan fingerprint density at radius 3 is 2.77 bits per heavy atom. The van der Waals surface area contributed by atoms with Crippen LogP contribution in [0.1, 0.15) is 15.2 Å². The van der Waals surface area contributed by atoms with Crippen LogP contribution < -0.4 is 4.57 Å². The van der Waals surface area contributed by atoms with Gasteiger partial charge in [0.2, 0.25) is 11.3 Å². The molecule has 0 saturated carbocycles. The number of carbonyl (C=O) groups is 1. The number of rotatable bonds is 3. The highest BCUT2D eigenvalue weighted by Gasteiger charge is 2.15. The van der Waals surface area contributed by atoms with Crippen molar-refractivity contribution < 1.29 is 9.36 Å². The molecule has 22 heavy (non-hydrogen) atoms. The van der Waals surface area contributed by atoms with E-state index >= 15 is 0 Å². The van der Waals surface area contributed by atoms with Gasteiger partial charge in [0.1, 0.15) is 18.7 Å². The number of nitrogens with zero attached hydrogens (tertiary/aromatic N) is 2. The minimum absolute atomic E-state index is 0.154. The van der Waals surface area contributed by atoms with Gasteiger partial charge in [0, 0.05) is 12.1 Å². The Balaban J connectivity index is 2.13. The Morgan fingerprint density at radius 2 is 2.05 bits per heavy atom. The lowest BCUT2D eigenvalue weighted by atomic mass is 10.0. The Morgan fingerprint density at radius 1 is 1.23 bits per heavy atom. The number of hydrogen-bond acceptors (Lipinski definition) is 3. The van der Waals surface area contributed by atoms with Gasteiger partial charge in [-0.25, -0.2) is 4.57 Å². The zero-order chi connectivity index (χ0) is 15.5. The molecule has 0 fully saturated rings. The number of benzene rings is 1. The van der Waals surface area contributed by atoms with Gasteiger partial charge in [-0.3, -0.25) is 4.79 Å². The molecule has 0 radical (unpaired) electrons. The van der Waals surface area contributed by atoms with Crippen molar-refractivity contribution in [2.75, 3.05) is 0 Å². The van der Waals surface area contributed by atoms with Crippen LogP contribution in [0.2, 0.25) is 0 Å². The number of nitriles is 1. The number of aryl methyl sites for hydroxylation is 1. The molecule has 0 saturated heterocycles. The molecule has 0 amide bonds. The summed E-state index contributed by atoms with van der Waals surface area (Å²) in [4.78, 5) is 12.9. The third-order valence-corrected chi connectivity index (χ3v) is 4.35. The quantitative estimate of drug-likeness (QED) is 0.322. The molecular formula is C18H13N2OS+. The van der Waals surface area contributed by atoms with Crippen molar-refractivity contribution in [1.29, 1.82) is 5.26 Å². The second-order valence-electron chi connectivity index (χ2n) is 4.88. The van der Waals surface area contributed by atoms with E-state index in [4.69, 9.17) is 0 Å². The predicted molar refractivity (Wildman–Crippen MR) is 87.4 cm³/mol. The van der Waals surface area contributed by atoms with E-state index in [0.717, 1.165) is 16.5 Å². The molecule has 3 rings (SSSR count). The van der Waals surface area contributed by atoms with Crippen molar-refractivity contribution in [3.63, 3.8) is 0 Å². The number of fused-ring (bicyclic) bond motifs is 1. The van der Waals surface area contributed by atoms with E-state index in [0.29, 0.717) is 4.88 Å². The lowest BCUT2D eigenvalue weighted by molar-refractivity contribution is -0.644. The van der Waals surface area contributed by atoms with E-state index in [9.17, 15) is 10.1 Å². The largest absolute Gasteiger partial charge is 0.287 e. The molecule has 2 aromatic heterocycles. The fourth-order valence-electron chi connectivity index (χ4n) is 2.36. The van der Waals surface area contributed by atoms with Gasteiger partial charge in [-0.2, -0.15) is 5.26 Å². The Labute approximate surface area is 132 Å². The molecule has 0 unspecified atom stereocenters. The lowest BCUT2D eigenvalue weighted by Gasteiger charge is -2.02. The second kappa shape index (κ2) is 5.92. The molecule has 0 bridgehead atoms. The van der Waals surface area contributed by atoms with Crippen molar-refractivity contribution in [2.45, 2.75) is 0 Å². The summed E-state index contributed by atoms with van der Waals surface area (Å²) in [5.41, 5.74) is 2.08. The van der Waals surface area contributed by atoms with Crippen LogP contribution in [0, 0.1) is 11.3 Å². The van der Waals surface area contributed by atoms with E-state index in [1.54, 1.807) is 12.1 Å². The molecule has 0 spiro atoms. The minimum atomic E-state index is -0.227.